The molecule has 0 unspecified atom stereocenters. The van der Waals surface area contributed by atoms with Crippen LogP contribution in [0.25, 0.3) is 0 Å². The molecule has 0 saturated heterocycles. The van der Waals surface area contributed by atoms with E-state index in [-0.39, 0.29) is 0 Å². The van der Waals surface area contributed by atoms with Crippen molar-refractivity contribution in [1.29, 1.82) is 0 Å². The van der Waals surface area contributed by atoms with Crippen LogP contribution in [0.5, 0.6) is 0 Å². The number of aryl methyl sites for hydroxylation is 1. The van der Waals surface area contributed by atoms with Crippen molar-refractivity contribution in [3.05, 3.63) is 35.4 Å². The van der Waals surface area contributed by atoms with Crippen LogP contribution < -0.4 is 0 Å². The van der Waals surface area contributed by atoms with Crippen LogP contribution in [0.3, 0.4) is 0 Å². The molecule has 0 amide bonds. The fraction of sp³-hybridized carbons (Fsp3) is 0.500. The van der Waals surface area contributed by atoms with Gasteiger partial charge in [-0.15, -0.1) is 0 Å². The Morgan fingerprint density at radius 2 is 1.86 bits per heavy atom. The van der Waals surface area contributed by atoms with Gasteiger partial charge >= 0.3 is 0 Å². The van der Waals surface area contributed by atoms with E-state index in [1.807, 2.05) is 0 Å². The Bertz CT molecular complexity index is 256. The monoisotopic (exact) mass is 209 g/mol. The minimum atomic E-state index is 0.970. The second-order valence-electron chi connectivity index (χ2n) is 3.80. The van der Waals surface area contributed by atoms with E-state index in [4.69, 9.17) is 0 Å². The fourth-order valence-corrected chi connectivity index (χ4v) is 1.57. The summed E-state index contributed by atoms with van der Waals surface area (Å²) >= 11 is 4.21. The van der Waals surface area contributed by atoms with Crippen LogP contribution >= 0.6 is 12.6 Å². The maximum absolute atomic E-state index is 4.21. The lowest BCUT2D eigenvalue weighted by Gasteiger charge is -2.15. The number of hydrogen-bond acceptors (Lipinski definition) is 2. The second-order valence-corrected chi connectivity index (χ2v) is 4.25. The standard InChI is InChI=1S/C12H19NS/c1-11-4-6-12(7-5-11)10-13(2)8-3-9-14/h4-7,14H,3,8-10H2,1-2H3. The van der Waals surface area contributed by atoms with E-state index in [1.54, 1.807) is 0 Å². The molecule has 0 fully saturated rings. The summed E-state index contributed by atoms with van der Waals surface area (Å²) in [6.45, 7) is 4.28. The lowest BCUT2D eigenvalue weighted by atomic mass is 10.1. The van der Waals surface area contributed by atoms with Crippen molar-refractivity contribution < 1.29 is 0 Å². The molecule has 0 aliphatic heterocycles. The molecule has 0 atom stereocenters. The highest BCUT2D eigenvalue weighted by Crippen LogP contribution is 2.06. The average Bonchev–Trinajstić information content (AvgIpc) is 2.18. The maximum Gasteiger partial charge on any atom is 0.0230 e. The van der Waals surface area contributed by atoms with Crippen molar-refractivity contribution in [3.63, 3.8) is 0 Å². The Morgan fingerprint density at radius 3 is 2.43 bits per heavy atom. The third kappa shape index (κ3) is 4.16. The fourth-order valence-electron chi connectivity index (χ4n) is 1.42. The van der Waals surface area contributed by atoms with Gasteiger partial charge in [-0.25, -0.2) is 0 Å². The highest BCUT2D eigenvalue weighted by atomic mass is 32.1. The molecule has 0 aliphatic carbocycles. The predicted molar refractivity (Wildman–Crippen MR) is 66.0 cm³/mol. The topological polar surface area (TPSA) is 3.24 Å². The molecule has 1 aromatic rings. The molecule has 0 aliphatic rings. The van der Waals surface area contributed by atoms with E-state index < -0.39 is 0 Å². The van der Waals surface area contributed by atoms with Gasteiger partial charge in [-0.2, -0.15) is 12.6 Å². The molecule has 2 heteroatoms. The Labute approximate surface area is 92.5 Å². The molecule has 1 aromatic carbocycles. The third-order valence-electron chi connectivity index (χ3n) is 2.27. The second kappa shape index (κ2) is 6.10. The third-order valence-corrected chi connectivity index (χ3v) is 2.59. The zero-order chi connectivity index (χ0) is 10.4. The number of nitrogens with zero attached hydrogens (tertiary/aromatic N) is 1. The van der Waals surface area contributed by atoms with Crippen LogP contribution in [-0.4, -0.2) is 24.2 Å². The van der Waals surface area contributed by atoms with E-state index in [0.29, 0.717) is 0 Å². The molecule has 0 heterocycles. The van der Waals surface area contributed by atoms with Gasteiger partial charge in [0.05, 0.1) is 0 Å². The Kier molecular flexibility index (Phi) is 5.05. The maximum atomic E-state index is 4.21. The van der Waals surface area contributed by atoms with Crippen LogP contribution in [-0.2, 0) is 6.54 Å². The molecular weight excluding hydrogens is 190 g/mol. The Balaban J connectivity index is 2.39. The zero-order valence-electron chi connectivity index (χ0n) is 9.03. The molecular formula is C12H19NS. The first-order valence-electron chi connectivity index (χ1n) is 5.07. The van der Waals surface area contributed by atoms with Crippen LogP contribution in [0, 0.1) is 6.92 Å². The van der Waals surface area contributed by atoms with Gasteiger partial charge in [-0.3, -0.25) is 0 Å². The van der Waals surface area contributed by atoms with E-state index in [9.17, 15) is 0 Å². The van der Waals surface area contributed by atoms with Crippen molar-refractivity contribution >= 4 is 12.6 Å². The first-order valence-corrected chi connectivity index (χ1v) is 5.70. The van der Waals surface area contributed by atoms with Crippen molar-refractivity contribution in [1.82, 2.24) is 4.90 Å². The van der Waals surface area contributed by atoms with Crippen molar-refractivity contribution in [2.24, 2.45) is 0 Å². The summed E-state index contributed by atoms with van der Waals surface area (Å²) in [5.41, 5.74) is 2.71. The summed E-state index contributed by atoms with van der Waals surface area (Å²) in [6.07, 6.45) is 1.16. The summed E-state index contributed by atoms with van der Waals surface area (Å²) in [5, 5.41) is 0. The summed E-state index contributed by atoms with van der Waals surface area (Å²) in [4.78, 5) is 2.33. The van der Waals surface area contributed by atoms with Gasteiger partial charge in [0.2, 0.25) is 0 Å². The molecule has 0 bridgehead atoms. The predicted octanol–water partition coefficient (Wildman–Crippen LogP) is 2.75. The van der Waals surface area contributed by atoms with Gasteiger partial charge in [-0.05, 0) is 38.3 Å². The first-order chi connectivity index (χ1) is 6.72. The Hall–Kier alpha value is -0.470. The number of thiol groups is 1. The smallest absolute Gasteiger partial charge is 0.0230 e. The minimum Gasteiger partial charge on any atom is -0.302 e. The van der Waals surface area contributed by atoms with E-state index >= 15 is 0 Å². The van der Waals surface area contributed by atoms with Crippen LogP contribution in [0.4, 0.5) is 0 Å². The molecule has 1 nitrogen and oxygen atoms in total. The molecule has 0 radical (unpaired) electrons. The number of benzene rings is 1. The Morgan fingerprint density at radius 1 is 1.21 bits per heavy atom. The van der Waals surface area contributed by atoms with Crippen molar-refractivity contribution in [3.8, 4) is 0 Å². The minimum absolute atomic E-state index is 0.970. The lowest BCUT2D eigenvalue weighted by Crippen LogP contribution is -2.19. The highest BCUT2D eigenvalue weighted by molar-refractivity contribution is 7.80. The SMILES string of the molecule is Cc1ccc(CN(C)CCCS)cc1. The molecule has 78 valence electrons. The van der Waals surface area contributed by atoms with Gasteiger partial charge in [0, 0.05) is 6.54 Å². The molecule has 0 spiro atoms. The normalized spacial score (nSPS) is 10.9. The first kappa shape index (κ1) is 11.6. The quantitative estimate of drug-likeness (QED) is 0.730. The van der Waals surface area contributed by atoms with Crippen LogP contribution in [0.15, 0.2) is 24.3 Å². The number of hydrogen-bond donors (Lipinski definition) is 1. The largest absolute Gasteiger partial charge is 0.302 e. The van der Waals surface area contributed by atoms with E-state index in [2.05, 4.69) is 55.8 Å². The van der Waals surface area contributed by atoms with Crippen molar-refractivity contribution in [2.45, 2.75) is 19.9 Å². The van der Waals surface area contributed by atoms with E-state index in [1.165, 1.54) is 11.1 Å². The molecule has 0 aromatic heterocycles. The van der Waals surface area contributed by atoms with Crippen molar-refractivity contribution in [2.75, 3.05) is 19.3 Å². The van der Waals surface area contributed by atoms with Gasteiger partial charge < -0.3 is 4.90 Å². The van der Waals surface area contributed by atoms with Gasteiger partial charge in [-0.1, -0.05) is 29.8 Å². The van der Waals surface area contributed by atoms with Gasteiger partial charge in [0.1, 0.15) is 0 Å². The highest BCUT2D eigenvalue weighted by Gasteiger charge is 1.98. The molecule has 0 saturated carbocycles. The van der Waals surface area contributed by atoms with Crippen LogP contribution in [0.1, 0.15) is 17.5 Å². The molecule has 1 rings (SSSR count). The average molecular weight is 209 g/mol. The molecule has 0 N–H and O–H groups in total. The summed E-state index contributed by atoms with van der Waals surface area (Å²) in [7, 11) is 2.16. The van der Waals surface area contributed by atoms with E-state index in [0.717, 1.165) is 25.3 Å². The zero-order valence-corrected chi connectivity index (χ0v) is 9.93. The van der Waals surface area contributed by atoms with Gasteiger partial charge in [0.25, 0.3) is 0 Å². The van der Waals surface area contributed by atoms with Gasteiger partial charge in [0.15, 0.2) is 0 Å². The summed E-state index contributed by atoms with van der Waals surface area (Å²) in [5.74, 6) is 0.970. The lowest BCUT2D eigenvalue weighted by molar-refractivity contribution is 0.328. The summed E-state index contributed by atoms with van der Waals surface area (Å²) in [6, 6.07) is 8.74. The summed E-state index contributed by atoms with van der Waals surface area (Å²) < 4.78 is 0. The number of rotatable bonds is 5. The molecule has 14 heavy (non-hydrogen) atoms. The van der Waals surface area contributed by atoms with Crippen LogP contribution in [0.2, 0.25) is 0 Å².